The van der Waals surface area contributed by atoms with Crippen molar-refractivity contribution < 1.29 is 28.7 Å². The van der Waals surface area contributed by atoms with Crippen LogP contribution in [0.3, 0.4) is 0 Å². The summed E-state index contributed by atoms with van der Waals surface area (Å²) < 4.78 is 6.31. The number of nitrogens with one attached hydrogen (secondary N) is 2. The monoisotopic (exact) mass is 866 g/mol. The normalized spacial score (nSPS) is 23.9. The zero-order chi connectivity index (χ0) is 44.8. The van der Waals surface area contributed by atoms with Gasteiger partial charge in [0.05, 0.1) is 35.1 Å². The molecule has 332 valence electrons. The van der Waals surface area contributed by atoms with Gasteiger partial charge in [-0.3, -0.25) is 39.3 Å². The highest BCUT2D eigenvalue weighted by Gasteiger charge is 2.45. The van der Waals surface area contributed by atoms with E-state index in [4.69, 9.17) is 16.3 Å². The summed E-state index contributed by atoms with van der Waals surface area (Å²) in [7, 11) is 0. The number of fused-ring (bicyclic) bond motifs is 2. The summed E-state index contributed by atoms with van der Waals surface area (Å²) in [6, 6.07) is 16.1. The van der Waals surface area contributed by atoms with Crippen LogP contribution >= 0.6 is 0 Å². The van der Waals surface area contributed by atoms with E-state index in [0.717, 1.165) is 67.1 Å². The van der Waals surface area contributed by atoms with E-state index in [1.54, 1.807) is 30.6 Å². The van der Waals surface area contributed by atoms with Crippen molar-refractivity contribution in [3.8, 4) is 5.75 Å². The van der Waals surface area contributed by atoms with Gasteiger partial charge in [0.15, 0.2) is 0 Å². The molecule has 6 heterocycles. The highest BCUT2D eigenvalue weighted by molar-refractivity contribution is 6.23. The van der Waals surface area contributed by atoms with Crippen molar-refractivity contribution >= 4 is 63.4 Å². The van der Waals surface area contributed by atoms with E-state index < -0.39 is 29.7 Å². The van der Waals surface area contributed by atoms with E-state index in [1.165, 1.54) is 0 Å². The number of amides is 6. The van der Waals surface area contributed by atoms with Gasteiger partial charge in [-0.1, -0.05) is 12.1 Å². The van der Waals surface area contributed by atoms with E-state index in [9.17, 15) is 24.0 Å². The minimum Gasteiger partial charge on any atom is -0.490 e. The van der Waals surface area contributed by atoms with E-state index in [-0.39, 0.29) is 48.2 Å². The summed E-state index contributed by atoms with van der Waals surface area (Å²) in [5, 5.41) is 6.25. The second-order valence-corrected chi connectivity index (χ2v) is 18.2. The molecule has 3 atom stereocenters. The van der Waals surface area contributed by atoms with Crippen LogP contribution in [-0.4, -0.2) is 123 Å². The largest absolute Gasteiger partial charge is 0.490 e. The van der Waals surface area contributed by atoms with Crippen molar-refractivity contribution in [3.63, 3.8) is 0 Å². The van der Waals surface area contributed by atoms with Crippen LogP contribution in [0.15, 0.2) is 67.0 Å². The maximum atomic E-state index is 13.6. The first-order valence-corrected chi connectivity index (χ1v) is 22.4. The fourth-order valence-corrected chi connectivity index (χ4v) is 10.1. The van der Waals surface area contributed by atoms with Crippen LogP contribution in [0.25, 0.3) is 15.7 Å². The van der Waals surface area contributed by atoms with E-state index in [1.807, 2.05) is 41.3 Å². The molecular weight excluding hydrogens is 813 g/mol. The molecule has 2 N–H and O–H groups in total. The standard InChI is InChI=1S/C48H54N10O6/c1-28(2)55(33-21-35(22-33)64-34-9-10-36-38(23-34)47(62)58(46(36)61)41-13-15-43(59)53-45(41)60)27-31-16-19-54(20-17-31)42-14-8-32(24-51-42)52-48(63)57-26-29(3)56(25-30(57)4)40-12-11-39(49-5)44-37(40)7-6-18-50-44/h6-12,14,18,23-24,28-31,33,35,41H,13,15-17,19-22,25-27H2,1-4H3,(H,52,63)(H,53,59,60)/t29-,30+,33?,35?,41?/m0/s1. The Labute approximate surface area is 372 Å². The molecule has 2 aromatic heterocycles. The zero-order valence-corrected chi connectivity index (χ0v) is 36.7. The maximum absolute atomic E-state index is 13.6. The summed E-state index contributed by atoms with van der Waals surface area (Å²) >= 11 is 0. The van der Waals surface area contributed by atoms with E-state index in [0.29, 0.717) is 53.7 Å². The van der Waals surface area contributed by atoms with Gasteiger partial charge in [-0.25, -0.2) is 14.6 Å². The lowest BCUT2D eigenvalue weighted by atomic mass is 9.85. The number of imide groups is 2. The SMILES string of the molecule is [C-]#[N+]c1ccc(N2C[C@@H](C)N(C(=O)Nc3ccc(N4CCC(CN(C(C)C)C5CC(Oc6ccc7c(c6)C(=O)N(C6CCC(=O)NC6=O)C7=O)C5)CC4)nc3)C[C@@H]2C)c2cccnc12. The van der Waals surface area contributed by atoms with E-state index >= 15 is 0 Å². The lowest BCUT2D eigenvalue weighted by Crippen LogP contribution is -2.59. The second kappa shape index (κ2) is 17.5. The molecule has 2 aromatic carbocycles. The van der Waals surface area contributed by atoms with Crippen molar-refractivity contribution in [3.05, 3.63) is 89.5 Å². The van der Waals surface area contributed by atoms with Crippen LogP contribution in [-0.2, 0) is 9.59 Å². The van der Waals surface area contributed by atoms with Gasteiger partial charge in [-0.2, -0.15) is 0 Å². The number of hydrogen-bond donors (Lipinski definition) is 2. The highest BCUT2D eigenvalue weighted by Crippen LogP contribution is 2.37. The maximum Gasteiger partial charge on any atom is 0.322 e. The number of carbonyl (C=O) groups is 5. The molecule has 6 amide bonds. The number of aromatic nitrogens is 2. The quantitative estimate of drug-likeness (QED) is 0.137. The number of benzene rings is 2. The lowest BCUT2D eigenvalue weighted by molar-refractivity contribution is -0.136. The molecule has 1 saturated carbocycles. The van der Waals surface area contributed by atoms with Crippen LogP contribution in [0.5, 0.6) is 5.75 Å². The van der Waals surface area contributed by atoms with Crippen molar-refractivity contribution in [2.45, 2.75) is 103 Å². The summed E-state index contributed by atoms with van der Waals surface area (Å²) in [6.45, 7) is 20.2. The number of pyridine rings is 2. The molecule has 1 unspecified atom stereocenters. The van der Waals surface area contributed by atoms with Crippen molar-refractivity contribution in [1.82, 2.24) is 30.0 Å². The van der Waals surface area contributed by atoms with E-state index in [2.05, 4.69) is 62.9 Å². The number of piperidine rings is 2. The van der Waals surface area contributed by atoms with Crippen molar-refractivity contribution in [2.75, 3.05) is 47.8 Å². The van der Waals surface area contributed by atoms with Gasteiger partial charge in [-0.15, -0.1) is 0 Å². The average Bonchev–Trinajstić information content (AvgIpc) is 3.52. The molecule has 1 aliphatic carbocycles. The molecule has 4 fully saturated rings. The number of rotatable bonds is 10. The Bertz CT molecular complexity index is 2530. The Hall–Kier alpha value is -6.60. The molecule has 0 spiro atoms. The number of carbonyl (C=O) groups excluding carboxylic acids is 5. The minimum atomic E-state index is -1.00. The predicted molar refractivity (Wildman–Crippen MR) is 242 cm³/mol. The van der Waals surface area contributed by atoms with Crippen LogP contribution in [0.1, 0.15) is 86.9 Å². The van der Waals surface area contributed by atoms with Gasteiger partial charge in [0.2, 0.25) is 17.5 Å². The molecule has 3 saturated heterocycles. The first kappa shape index (κ1) is 42.7. The molecule has 0 bridgehead atoms. The first-order chi connectivity index (χ1) is 30.9. The Morgan fingerprint density at radius 2 is 1.73 bits per heavy atom. The molecule has 16 heteroatoms. The lowest BCUT2D eigenvalue weighted by Gasteiger charge is -2.46. The Kier molecular flexibility index (Phi) is 11.7. The smallest absolute Gasteiger partial charge is 0.322 e. The molecule has 4 aliphatic heterocycles. The number of nitrogens with zero attached hydrogens (tertiary/aromatic N) is 8. The third-order valence-electron chi connectivity index (χ3n) is 13.7. The summed E-state index contributed by atoms with van der Waals surface area (Å²) in [4.78, 5) is 87.1. The topological polar surface area (TPSA) is 165 Å². The van der Waals surface area contributed by atoms with Gasteiger partial charge in [-0.05, 0) is 95.3 Å². The third kappa shape index (κ3) is 8.20. The second-order valence-electron chi connectivity index (χ2n) is 18.2. The summed E-state index contributed by atoms with van der Waals surface area (Å²) in [5.41, 5.74) is 3.36. The fourth-order valence-electron chi connectivity index (χ4n) is 10.1. The predicted octanol–water partition coefficient (Wildman–Crippen LogP) is 6.25. The molecule has 16 nitrogen and oxygen atoms in total. The number of ether oxygens (including phenoxy) is 1. The summed E-state index contributed by atoms with van der Waals surface area (Å²) in [5.74, 6) is -0.133. The molecular formula is C48H54N10O6. The van der Waals surface area contributed by atoms with Gasteiger partial charge in [0.25, 0.3) is 11.8 Å². The first-order valence-electron chi connectivity index (χ1n) is 22.4. The zero-order valence-electron chi connectivity index (χ0n) is 36.7. The minimum absolute atomic E-state index is 0.0134. The molecule has 5 aliphatic rings. The van der Waals surface area contributed by atoms with Crippen molar-refractivity contribution in [2.24, 2.45) is 5.92 Å². The van der Waals surface area contributed by atoms with Crippen LogP contribution in [0.4, 0.5) is 27.7 Å². The van der Waals surface area contributed by atoms with Gasteiger partial charge in [0, 0.05) is 93.4 Å². The van der Waals surface area contributed by atoms with Gasteiger partial charge < -0.3 is 24.8 Å². The molecule has 9 rings (SSSR count). The Morgan fingerprint density at radius 3 is 2.45 bits per heavy atom. The number of urea groups is 1. The molecule has 4 aromatic rings. The van der Waals surface area contributed by atoms with Crippen LogP contribution < -0.4 is 25.2 Å². The number of anilines is 3. The average molecular weight is 867 g/mol. The van der Waals surface area contributed by atoms with Crippen LogP contribution in [0, 0.1) is 12.5 Å². The third-order valence-corrected chi connectivity index (χ3v) is 13.7. The Morgan fingerprint density at radius 1 is 0.953 bits per heavy atom. The molecule has 64 heavy (non-hydrogen) atoms. The Balaban J connectivity index is 0.732. The fraction of sp³-hybridized carbons (Fsp3) is 0.458. The van der Waals surface area contributed by atoms with Gasteiger partial charge in [0.1, 0.15) is 23.7 Å². The number of piperazine rings is 1. The molecule has 0 radical (unpaired) electrons. The summed E-state index contributed by atoms with van der Waals surface area (Å²) in [6.07, 6.45) is 7.45. The highest BCUT2D eigenvalue weighted by atomic mass is 16.5. The van der Waals surface area contributed by atoms with Gasteiger partial charge >= 0.3 is 6.03 Å². The van der Waals surface area contributed by atoms with Crippen molar-refractivity contribution in [1.29, 1.82) is 0 Å². The van der Waals surface area contributed by atoms with Crippen LogP contribution in [0.2, 0.25) is 0 Å². The number of hydrogen-bond acceptors (Lipinski definition) is 11.